The van der Waals surface area contributed by atoms with E-state index in [2.05, 4.69) is 16.0 Å². The fourth-order valence-corrected chi connectivity index (χ4v) is 12.4. The maximum absolute atomic E-state index is 14.5. The highest BCUT2D eigenvalue weighted by Gasteiger charge is 2.64. The van der Waals surface area contributed by atoms with Crippen molar-refractivity contribution in [2.45, 2.75) is 186 Å². The number of aliphatic hydroxyl groups is 1. The summed E-state index contributed by atoms with van der Waals surface area (Å²) in [4.78, 5) is 129. The van der Waals surface area contributed by atoms with Gasteiger partial charge in [0.2, 0.25) is 17.7 Å². The molecule has 3 fully saturated rings. The fraction of sp³-hybridized carbons (Fsp3) is 0.582. The van der Waals surface area contributed by atoms with Crippen LogP contribution in [0.1, 0.15) is 147 Å². The summed E-state index contributed by atoms with van der Waals surface area (Å²) in [7, 11) is 5.91. The number of carbonyl (C=O) groups excluding carboxylic acids is 9. The third-order valence-corrected chi connectivity index (χ3v) is 18.6. The van der Waals surface area contributed by atoms with Crippen LogP contribution < -0.4 is 31.3 Å². The van der Waals surface area contributed by atoms with E-state index in [9.17, 15) is 48.3 Å². The number of urea groups is 1. The van der Waals surface area contributed by atoms with Crippen molar-refractivity contribution in [3.63, 3.8) is 0 Å². The van der Waals surface area contributed by atoms with Gasteiger partial charge in [0.25, 0.3) is 5.91 Å². The van der Waals surface area contributed by atoms with Crippen LogP contribution in [0.4, 0.5) is 10.5 Å². The van der Waals surface area contributed by atoms with E-state index in [1.54, 1.807) is 75.5 Å². The lowest BCUT2D eigenvalue weighted by molar-refractivity contribution is -0.187. The van der Waals surface area contributed by atoms with Crippen LogP contribution in [0.3, 0.4) is 0 Å². The summed E-state index contributed by atoms with van der Waals surface area (Å²) in [5.41, 5.74) is 5.36. The normalized spacial score (nSPS) is 24.8. The third kappa shape index (κ3) is 17.8. The maximum atomic E-state index is 14.5. The lowest BCUT2D eigenvalue weighted by Crippen LogP contribution is -2.53. The fourth-order valence-electron chi connectivity index (χ4n) is 12.1. The molecule has 1 aromatic heterocycles. The molecule has 3 aromatic rings. The Hall–Kier alpha value is -7.27. The van der Waals surface area contributed by atoms with Gasteiger partial charge in [0, 0.05) is 88.0 Å². The van der Waals surface area contributed by atoms with Gasteiger partial charge in [-0.25, -0.2) is 9.59 Å². The van der Waals surface area contributed by atoms with Crippen molar-refractivity contribution in [2.75, 3.05) is 46.3 Å². The van der Waals surface area contributed by atoms with E-state index < -0.39 is 102 Å². The maximum Gasteiger partial charge on any atom is 0.328 e. The van der Waals surface area contributed by atoms with Crippen LogP contribution in [0.15, 0.2) is 66.3 Å². The predicted molar refractivity (Wildman–Crippen MR) is 337 cm³/mol. The molecule has 3 aliphatic heterocycles. The summed E-state index contributed by atoms with van der Waals surface area (Å²) in [5.74, 6) is -4.33. The number of Topliss-reactive ketones (excluding diaryl/α,β-unsaturated/α-hetero) is 2. The van der Waals surface area contributed by atoms with Crippen LogP contribution in [0.5, 0.6) is 5.75 Å². The molecule has 1 aliphatic carbocycles. The number of nitrogens with one attached hydrogen (secondary N) is 3. The number of primary amides is 1. The second-order valence-electron chi connectivity index (χ2n) is 25.3. The summed E-state index contributed by atoms with van der Waals surface area (Å²) < 4.78 is 29.9. The van der Waals surface area contributed by atoms with Crippen LogP contribution >= 0.6 is 11.6 Å². The van der Waals surface area contributed by atoms with Crippen molar-refractivity contribution in [1.29, 1.82) is 0 Å². The number of aromatic nitrogens is 1. The number of benzene rings is 2. The Bertz CT molecular complexity index is 3220. The van der Waals surface area contributed by atoms with Crippen molar-refractivity contribution in [1.82, 2.24) is 25.8 Å². The number of allylic oxidation sites excluding steroid dienone is 3. The van der Waals surface area contributed by atoms with E-state index >= 15 is 0 Å². The molecule has 7 rings (SSSR count). The Balaban J connectivity index is 1.03. The number of methoxy groups -OCH3 is 2. The Kier molecular flexibility index (Phi) is 24.3. The molecular weight excluding hydrogens is 1180 g/mol. The molecule has 2 aromatic carbocycles. The third-order valence-electron chi connectivity index (χ3n) is 18.2. The number of amides is 6. The van der Waals surface area contributed by atoms with Gasteiger partial charge in [-0.1, -0.05) is 75.1 Å². The first-order chi connectivity index (χ1) is 42.7. The largest absolute Gasteiger partial charge is 0.495 e. The van der Waals surface area contributed by atoms with Crippen LogP contribution in [0, 0.1) is 23.7 Å². The van der Waals surface area contributed by atoms with E-state index in [-0.39, 0.29) is 78.5 Å². The Morgan fingerprint density at radius 2 is 1.71 bits per heavy atom. The number of rotatable bonds is 25. The predicted octanol–water partition coefficient (Wildman–Crippen LogP) is 7.38. The number of anilines is 1. The van der Waals surface area contributed by atoms with E-state index in [1.165, 1.54) is 38.0 Å². The monoisotopic (exact) mass is 1270 g/mol. The zero-order valence-corrected chi connectivity index (χ0v) is 54.3. The SMILES string of the molecule is COc1cc2cc(c1Cl)N(C)C(=O)C[C@H](OC(=O)[C@H](C)N(C)C(=O)c1ccc3nc(CC(=O)[C@H](CCCNC(N)=O)NC(=O)[C@@H](CC(=O)CCCCCNC(=O)C4CCC4)C(C)C)ccc3c1)[C@]1(C)O[C@H]1[C@H](C)[C@@H]1C[C@@](O)(CC(=O)O1)[C@H](OC)/C=C/C=C(\C)C2. The number of hydrogen-bond donors (Lipinski definition) is 5. The molecule has 6 N–H and O–H groups in total. The van der Waals surface area contributed by atoms with Gasteiger partial charge in [-0.05, 0) is 114 Å². The minimum atomic E-state index is -1.65. The molecule has 4 heterocycles. The number of nitrogens with two attached hydrogens (primary N) is 1. The van der Waals surface area contributed by atoms with Crippen LogP contribution in [-0.2, 0) is 65.4 Å². The van der Waals surface area contributed by atoms with Crippen molar-refractivity contribution in [3.05, 3.63) is 88.1 Å². The van der Waals surface area contributed by atoms with Gasteiger partial charge >= 0.3 is 18.0 Å². The van der Waals surface area contributed by atoms with Gasteiger partial charge in [0.1, 0.15) is 52.1 Å². The Morgan fingerprint density at radius 1 is 0.978 bits per heavy atom. The molecule has 10 atom stereocenters. The number of epoxide rings is 1. The summed E-state index contributed by atoms with van der Waals surface area (Å²) >= 11 is 6.87. The van der Waals surface area contributed by atoms with Crippen LogP contribution in [0.25, 0.3) is 10.9 Å². The minimum Gasteiger partial charge on any atom is -0.495 e. The molecule has 6 amide bonds. The summed E-state index contributed by atoms with van der Waals surface area (Å²) in [6.07, 6.45) is 6.91. The average Bonchev–Trinajstić information content (AvgIpc) is 1.57. The first-order valence-electron chi connectivity index (χ1n) is 31.3. The van der Waals surface area contributed by atoms with Crippen molar-refractivity contribution in [2.24, 2.45) is 29.4 Å². The van der Waals surface area contributed by atoms with E-state index in [1.807, 2.05) is 26.8 Å². The Labute approximate surface area is 532 Å². The first kappa shape index (κ1) is 70.2. The second-order valence-corrected chi connectivity index (χ2v) is 25.7. The van der Waals surface area contributed by atoms with Crippen molar-refractivity contribution in [3.8, 4) is 5.75 Å². The molecule has 4 bridgehead atoms. The number of halogens is 1. The molecule has 1 saturated carbocycles. The molecule has 23 heteroatoms. The zero-order chi connectivity index (χ0) is 65.8. The summed E-state index contributed by atoms with van der Waals surface area (Å²) in [6.45, 7) is 11.3. The number of carbonyl (C=O) groups is 9. The molecule has 0 unspecified atom stereocenters. The zero-order valence-electron chi connectivity index (χ0n) is 53.5. The summed E-state index contributed by atoms with van der Waals surface area (Å²) in [6, 6.07) is 8.73. The number of ketones is 2. The van der Waals surface area contributed by atoms with Gasteiger partial charge in [-0.15, -0.1) is 0 Å². The van der Waals surface area contributed by atoms with Gasteiger partial charge < -0.3 is 60.3 Å². The topological polar surface area (TPSA) is 305 Å². The number of esters is 2. The number of hydrogen-bond acceptors (Lipinski definition) is 16. The molecule has 22 nitrogen and oxygen atoms in total. The molecular formula is C67H90ClN7O15. The van der Waals surface area contributed by atoms with Crippen LogP contribution in [0.2, 0.25) is 5.02 Å². The second kappa shape index (κ2) is 31.2. The molecule has 90 heavy (non-hydrogen) atoms. The highest BCUT2D eigenvalue weighted by Crippen LogP contribution is 2.50. The highest BCUT2D eigenvalue weighted by molar-refractivity contribution is 6.35. The quantitative estimate of drug-likeness (QED) is 0.0314. The molecule has 4 aliphatic rings. The van der Waals surface area contributed by atoms with Crippen molar-refractivity contribution < 1.29 is 71.9 Å². The van der Waals surface area contributed by atoms with Crippen molar-refractivity contribution >= 4 is 81.4 Å². The van der Waals surface area contributed by atoms with E-state index in [0.717, 1.165) is 43.2 Å². The number of fused-ring (bicyclic) bond motifs is 6. The standard InChI is InChI=1S/C67H90ClN7O15/c1-38(2)48(34-47(76)20-12-11-13-27-70-61(80)43-18-15-19-43)62(81)73-50(21-16-28-71-65(69)84)52(77)33-46-25-23-44-32-45(24-26-49(44)72-46)63(82)74(7)41(5)64(83)89-56-35-57(78)75(8)51-30-42(31-53(86-9)59(51)68)29-39(3)17-14-22-55(87-10)67(85)36-54(88-58(79)37-67)40(4)60-66(56,6)90-60/h14,17,22-26,30-32,38,40-41,43,48,50,54-56,60,85H,11-13,15-16,18-21,27-29,33-37H2,1-10H3,(H,70,80)(H,73,81)(H3,69,71,84)/b22-14+,39-17+/t40-,41+,48+,50+,54+,55-,56+,60+,66+,67-/m1/s1. The highest BCUT2D eigenvalue weighted by atomic mass is 35.5. The number of nitrogens with zero attached hydrogens (tertiary/aromatic N) is 3. The van der Waals surface area contributed by atoms with Gasteiger partial charge in [0.05, 0.1) is 49.7 Å². The summed E-state index contributed by atoms with van der Waals surface area (Å²) in [5, 5.41) is 21.2. The molecule has 2 saturated heterocycles. The number of unbranched alkanes of at least 4 members (excludes halogenated alkanes) is 2. The molecule has 490 valence electrons. The van der Waals surface area contributed by atoms with Gasteiger partial charge in [-0.3, -0.25) is 38.5 Å². The van der Waals surface area contributed by atoms with Gasteiger partial charge in [0.15, 0.2) is 5.78 Å². The average molecular weight is 1270 g/mol. The van der Waals surface area contributed by atoms with E-state index in [0.29, 0.717) is 60.3 Å². The smallest absolute Gasteiger partial charge is 0.328 e. The van der Waals surface area contributed by atoms with E-state index in [4.69, 9.17) is 46.0 Å². The molecule has 0 spiro atoms. The van der Waals surface area contributed by atoms with Crippen LogP contribution in [-0.4, -0.2) is 157 Å². The Morgan fingerprint density at radius 3 is 2.39 bits per heavy atom. The number of pyridine rings is 1. The lowest BCUT2D eigenvalue weighted by atomic mass is 9.78. The minimum absolute atomic E-state index is 0.00424. The number of ether oxygens (including phenoxy) is 5. The molecule has 0 radical (unpaired) electrons. The number of likely N-dealkylation sites (N-methyl/N-ethyl adjacent to an activating group) is 1. The first-order valence-corrected chi connectivity index (χ1v) is 31.7. The van der Waals surface area contributed by atoms with Gasteiger partial charge in [-0.2, -0.15) is 0 Å². The lowest BCUT2D eigenvalue weighted by Gasteiger charge is -2.41.